The predicted octanol–water partition coefficient (Wildman–Crippen LogP) is 5.13. The second-order valence-electron chi connectivity index (χ2n) is 6.14. The number of hydrogen-bond acceptors (Lipinski definition) is 2. The quantitative estimate of drug-likeness (QED) is 0.576. The summed E-state index contributed by atoms with van der Waals surface area (Å²) in [6.45, 7) is 6.83. The SMILES string of the molecule is CCCCCCC(CCCOc1cc(C)ccc1C)C(=O)O. The van der Waals surface area contributed by atoms with Crippen LogP contribution in [0, 0.1) is 19.8 Å². The van der Waals surface area contributed by atoms with Crippen LogP contribution in [0.2, 0.25) is 0 Å². The van der Waals surface area contributed by atoms with Gasteiger partial charge in [-0.25, -0.2) is 0 Å². The molecule has 1 rings (SSSR count). The van der Waals surface area contributed by atoms with Crippen LogP contribution >= 0.6 is 0 Å². The fraction of sp³-hybridized carbons (Fsp3) is 0.632. The molecule has 22 heavy (non-hydrogen) atoms. The van der Waals surface area contributed by atoms with Crippen LogP contribution in [0.15, 0.2) is 18.2 Å². The first kappa shape index (κ1) is 18.5. The highest BCUT2D eigenvalue weighted by atomic mass is 16.5. The lowest BCUT2D eigenvalue weighted by Crippen LogP contribution is -2.15. The van der Waals surface area contributed by atoms with E-state index in [2.05, 4.69) is 19.1 Å². The van der Waals surface area contributed by atoms with Gasteiger partial charge in [0.25, 0.3) is 0 Å². The zero-order chi connectivity index (χ0) is 16.4. The molecule has 0 radical (unpaired) electrons. The number of unbranched alkanes of at least 4 members (excludes halogenated alkanes) is 3. The minimum Gasteiger partial charge on any atom is -0.493 e. The third kappa shape index (κ3) is 6.97. The van der Waals surface area contributed by atoms with Crippen molar-refractivity contribution in [3.63, 3.8) is 0 Å². The van der Waals surface area contributed by atoms with Gasteiger partial charge in [0.1, 0.15) is 5.75 Å². The van der Waals surface area contributed by atoms with Gasteiger partial charge < -0.3 is 9.84 Å². The van der Waals surface area contributed by atoms with Gasteiger partial charge in [0, 0.05) is 0 Å². The molecule has 1 aromatic rings. The van der Waals surface area contributed by atoms with Gasteiger partial charge in [0.2, 0.25) is 0 Å². The van der Waals surface area contributed by atoms with Gasteiger partial charge in [0.15, 0.2) is 0 Å². The number of carboxylic acid groups (broad SMARTS) is 1. The van der Waals surface area contributed by atoms with Gasteiger partial charge in [0.05, 0.1) is 12.5 Å². The van der Waals surface area contributed by atoms with E-state index < -0.39 is 5.97 Å². The van der Waals surface area contributed by atoms with Gasteiger partial charge in [-0.3, -0.25) is 4.79 Å². The Morgan fingerprint density at radius 2 is 1.86 bits per heavy atom. The fourth-order valence-electron chi connectivity index (χ4n) is 2.58. The minimum atomic E-state index is -0.664. The average Bonchev–Trinajstić information content (AvgIpc) is 2.48. The van der Waals surface area contributed by atoms with Crippen molar-refractivity contribution < 1.29 is 14.6 Å². The number of carboxylic acids is 1. The third-order valence-corrected chi connectivity index (χ3v) is 4.05. The van der Waals surface area contributed by atoms with Crippen LogP contribution in [-0.4, -0.2) is 17.7 Å². The van der Waals surface area contributed by atoms with E-state index >= 15 is 0 Å². The largest absolute Gasteiger partial charge is 0.493 e. The van der Waals surface area contributed by atoms with Crippen molar-refractivity contribution in [3.8, 4) is 5.75 Å². The molecule has 1 unspecified atom stereocenters. The van der Waals surface area contributed by atoms with Gasteiger partial charge in [-0.05, 0) is 50.3 Å². The summed E-state index contributed by atoms with van der Waals surface area (Å²) >= 11 is 0. The molecule has 0 amide bonds. The first-order valence-corrected chi connectivity index (χ1v) is 8.47. The molecule has 0 aliphatic carbocycles. The molecule has 124 valence electrons. The van der Waals surface area contributed by atoms with Crippen LogP contribution < -0.4 is 4.74 Å². The molecule has 0 aliphatic rings. The lowest BCUT2D eigenvalue weighted by Gasteiger charge is -2.13. The van der Waals surface area contributed by atoms with Crippen LogP contribution in [0.5, 0.6) is 5.75 Å². The van der Waals surface area contributed by atoms with Crippen molar-refractivity contribution in [2.75, 3.05) is 6.61 Å². The van der Waals surface area contributed by atoms with Crippen LogP contribution in [0.1, 0.15) is 63.0 Å². The van der Waals surface area contributed by atoms with E-state index in [1.54, 1.807) is 0 Å². The Morgan fingerprint density at radius 1 is 1.14 bits per heavy atom. The molecule has 0 aromatic heterocycles. The van der Waals surface area contributed by atoms with Crippen LogP contribution in [0.4, 0.5) is 0 Å². The summed E-state index contributed by atoms with van der Waals surface area (Å²) in [7, 11) is 0. The summed E-state index contributed by atoms with van der Waals surface area (Å²) in [5.74, 6) is 0.0251. The normalized spacial score (nSPS) is 12.1. The van der Waals surface area contributed by atoms with Crippen LogP contribution in [0.3, 0.4) is 0 Å². The standard InChI is InChI=1S/C19H30O3/c1-4-5-6-7-9-17(19(20)21)10-8-13-22-18-14-15(2)11-12-16(18)3/h11-12,14,17H,4-10,13H2,1-3H3,(H,20,21). The number of aryl methyl sites for hydroxylation is 2. The maximum atomic E-state index is 11.3. The summed E-state index contributed by atoms with van der Waals surface area (Å²) < 4.78 is 5.80. The molecule has 0 fully saturated rings. The summed E-state index contributed by atoms with van der Waals surface area (Å²) in [6, 6.07) is 6.16. The van der Waals surface area contributed by atoms with Gasteiger partial charge in [-0.1, -0.05) is 44.7 Å². The van der Waals surface area contributed by atoms with Gasteiger partial charge >= 0.3 is 5.97 Å². The van der Waals surface area contributed by atoms with Crippen molar-refractivity contribution in [1.29, 1.82) is 0 Å². The molecule has 3 heteroatoms. The molecule has 1 N–H and O–H groups in total. The molecular weight excluding hydrogens is 276 g/mol. The summed E-state index contributed by atoms with van der Waals surface area (Å²) in [5.41, 5.74) is 2.31. The number of hydrogen-bond donors (Lipinski definition) is 1. The molecule has 1 atom stereocenters. The smallest absolute Gasteiger partial charge is 0.306 e. The Kier molecular flexibility index (Phi) is 8.64. The predicted molar refractivity (Wildman–Crippen MR) is 90.5 cm³/mol. The lowest BCUT2D eigenvalue weighted by atomic mass is 9.96. The molecule has 3 nitrogen and oxygen atoms in total. The van der Waals surface area contributed by atoms with Gasteiger partial charge in [-0.15, -0.1) is 0 Å². The fourth-order valence-corrected chi connectivity index (χ4v) is 2.58. The van der Waals surface area contributed by atoms with Gasteiger partial charge in [-0.2, -0.15) is 0 Å². The van der Waals surface area contributed by atoms with Crippen molar-refractivity contribution in [1.82, 2.24) is 0 Å². The zero-order valence-corrected chi connectivity index (χ0v) is 14.2. The minimum absolute atomic E-state index is 0.223. The van der Waals surface area contributed by atoms with E-state index in [0.29, 0.717) is 13.0 Å². The Labute approximate surface area is 134 Å². The Hall–Kier alpha value is -1.51. The molecular formula is C19H30O3. The first-order valence-electron chi connectivity index (χ1n) is 8.47. The number of carbonyl (C=O) groups is 1. The topological polar surface area (TPSA) is 46.5 Å². The molecule has 0 bridgehead atoms. The van der Waals surface area contributed by atoms with E-state index in [0.717, 1.165) is 37.0 Å². The second-order valence-corrected chi connectivity index (χ2v) is 6.14. The summed E-state index contributed by atoms with van der Waals surface area (Å²) in [4.78, 5) is 11.3. The molecule has 0 saturated heterocycles. The monoisotopic (exact) mass is 306 g/mol. The van der Waals surface area contributed by atoms with E-state index in [-0.39, 0.29) is 5.92 Å². The van der Waals surface area contributed by atoms with Crippen LogP contribution in [-0.2, 0) is 4.79 Å². The highest BCUT2D eigenvalue weighted by Crippen LogP contribution is 2.21. The zero-order valence-electron chi connectivity index (χ0n) is 14.2. The van der Waals surface area contributed by atoms with E-state index in [9.17, 15) is 9.90 Å². The summed E-state index contributed by atoms with van der Waals surface area (Å²) in [5, 5.41) is 9.29. The van der Waals surface area contributed by atoms with Crippen molar-refractivity contribution in [3.05, 3.63) is 29.3 Å². The number of ether oxygens (including phenoxy) is 1. The average molecular weight is 306 g/mol. The molecule has 0 spiro atoms. The van der Waals surface area contributed by atoms with Crippen LogP contribution in [0.25, 0.3) is 0 Å². The number of benzene rings is 1. The molecule has 0 aliphatic heterocycles. The number of rotatable bonds is 11. The maximum Gasteiger partial charge on any atom is 0.306 e. The maximum absolute atomic E-state index is 11.3. The Bertz CT molecular complexity index is 454. The van der Waals surface area contributed by atoms with E-state index in [1.165, 1.54) is 18.4 Å². The third-order valence-electron chi connectivity index (χ3n) is 4.05. The van der Waals surface area contributed by atoms with E-state index in [1.807, 2.05) is 19.9 Å². The van der Waals surface area contributed by atoms with Crippen molar-refractivity contribution >= 4 is 5.97 Å². The van der Waals surface area contributed by atoms with Crippen molar-refractivity contribution in [2.45, 2.75) is 65.7 Å². The summed E-state index contributed by atoms with van der Waals surface area (Å²) in [6.07, 6.45) is 6.81. The first-order chi connectivity index (χ1) is 10.5. The highest BCUT2D eigenvalue weighted by molar-refractivity contribution is 5.69. The molecule has 0 saturated carbocycles. The lowest BCUT2D eigenvalue weighted by molar-refractivity contribution is -0.142. The second kappa shape index (κ2) is 10.3. The number of aliphatic carboxylic acids is 1. The highest BCUT2D eigenvalue weighted by Gasteiger charge is 2.16. The Morgan fingerprint density at radius 3 is 2.55 bits per heavy atom. The Balaban J connectivity index is 2.30. The van der Waals surface area contributed by atoms with Crippen molar-refractivity contribution in [2.24, 2.45) is 5.92 Å². The van der Waals surface area contributed by atoms with E-state index in [4.69, 9.17) is 4.74 Å². The molecule has 1 aromatic carbocycles. The molecule has 0 heterocycles.